The van der Waals surface area contributed by atoms with E-state index in [4.69, 9.17) is 0 Å². The van der Waals surface area contributed by atoms with Gasteiger partial charge in [0.2, 0.25) is 0 Å². The highest BCUT2D eigenvalue weighted by molar-refractivity contribution is 6.04. The first kappa shape index (κ1) is 14.6. The van der Waals surface area contributed by atoms with Crippen LogP contribution in [0.15, 0.2) is 48.5 Å². The molecule has 3 rings (SSSR count). The summed E-state index contributed by atoms with van der Waals surface area (Å²) in [5.74, 6) is 0.375. The zero-order chi connectivity index (χ0) is 15.7. The summed E-state index contributed by atoms with van der Waals surface area (Å²) in [6, 6.07) is 16.3. The summed E-state index contributed by atoms with van der Waals surface area (Å²) in [7, 11) is 0. The molecule has 2 amide bonds. The maximum Gasteiger partial charge on any atom is 0.326 e. The number of nitrogens with zero attached hydrogens (tertiary/aromatic N) is 1. The highest BCUT2D eigenvalue weighted by Crippen LogP contribution is 2.33. The fourth-order valence-corrected chi connectivity index (χ4v) is 3.16. The van der Waals surface area contributed by atoms with E-state index < -0.39 is 0 Å². The Morgan fingerprint density at radius 1 is 1.14 bits per heavy atom. The minimum absolute atomic E-state index is 0.0504. The van der Waals surface area contributed by atoms with Crippen molar-refractivity contribution in [2.24, 2.45) is 0 Å². The Hall–Kier alpha value is -2.29. The minimum atomic E-state index is -0.0504. The predicted molar refractivity (Wildman–Crippen MR) is 91.6 cm³/mol. The van der Waals surface area contributed by atoms with Crippen LogP contribution in [0.3, 0.4) is 0 Å². The van der Waals surface area contributed by atoms with E-state index in [1.165, 1.54) is 5.56 Å². The van der Waals surface area contributed by atoms with Gasteiger partial charge in [0.1, 0.15) is 0 Å². The molecule has 2 aromatic rings. The van der Waals surface area contributed by atoms with Crippen molar-refractivity contribution in [3.63, 3.8) is 0 Å². The molecule has 2 aromatic carbocycles. The van der Waals surface area contributed by atoms with Gasteiger partial charge in [-0.2, -0.15) is 0 Å². The van der Waals surface area contributed by atoms with E-state index in [9.17, 15) is 4.79 Å². The molecular weight excluding hydrogens is 272 g/mol. The summed E-state index contributed by atoms with van der Waals surface area (Å²) in [4.78, 5) is 14.6. The van der Waals surface area contributed by atoms with E-state index >= 15 is 0 Å². The van der Waals surface area contributed by atoms with E-state index in [1.807, 2.05) is 41.3 Å². The van der Waals surface area contributed by atoms with Crippen LogP contribution in [0.25, 0.3) is 0 Å². The lowest BCUT2D eigenvalue weighted by Crippen LogP contribution is -2.39. The molecule has 0 spiro atoms. The van der Waals surface area contributed by atoms with Gasteiger partial charge in [-0.3, -0.25) is 4.90 Å². The van der Waals surface area contributed by atoms with Crippen LogP contribution in [-0.4, -0.2) is 12.1 Å². The first-order valence-electron chi connectivity index (χ1n) is 7.85. The van der Waals surface area contributed by atoms with Gasteiger partial charge in [-0.1, -0.05) is 50.2 Å². The number of anilines is 2. The Bertz CT molecular complexity index is 693. The van der Waals surface area contributed by atoms with Crippen molar-refractivity contribution in [2.45, 2.75) is 39.2 Å². The van der Waals surface area contributed by atoms with E-state index in [0.717, 1.165) is 23.4 Å². The number of urea groups is 1. The molecule has 114 valence electrons. The Labute approximate surface area is 132 Å². The van der Waals surface area contributed by atoms with E-state index in [1.54, 1.807) is 0 Å². The maximum absolute atomic E-state index is 12.8. The lowest BCUT2D eigenvalue weighted by molar-refractivity contribution is 0.256. The molecule has 0 aromatic heterocycles. The van der Waals surface area contributed by atoms with Crippen LogP contribution in [0.4, 0.5) is 16.2 Å². The third kappa shape index (κ3) is 2.59. The molecule has 0 bridgehead atoms. The molecule has 1 aliphatic rings. The van der Waals surface area contributed by atoms with E-state index in [2.05, 4.69) is 38.2 Å². The van der Waals surface area contributed by atoms with E-state index in [-0.39, 0.29) is 12.1 Å². The molecular formula is C19H22N2O. The number of hydrogen-bond acceptors (Lipinski definition) is 1. The van der Waals surface area contributed by atoms with Gasteiger partial charge in [-0.25, -0.2) is 4.79 Å². The summed E-state index contributed by atoms with van der Waals surface area (Å²) in [6.07, 6.45) is 0.912. The van der Waals surface area contributed by atoms with Gasteiger partial charge in [0, 0.05) is 17.4 Å². The zero-order valence-corrected chi connectivity index (χ0v) is 13.3. The largest absolute Gasteiger partial charge is 0.326 e. The summed E-state index contributed by atoms with van der Waals surface area (Å²) >= 11 is 0. The molecule has 1 heterocycles. The number of amides is 2. The quantitative estimate of drug-likeness (QED) is 0.848. The topological polar surface area (TPSA) is 32.3 Å². The lowest BCUT2D eigenvalue weighted by atomic mass is 10.0. The standard InChI is InChI=1S/C19H22N2O/c1-13(2)16-9-5-6-10-17(16)20-19(22)21-14(3)12-15-8-4-7-11-18(15)21/h4-11,13-14H,12H2,1-3H3,(H,20,22). The van der Waals surface area contributed by atoms with Crippen LogP contribution in [0, 0.1) is 0 Å². The average Bonchev–Trinajstić information content (AvgIpc) is 2.83. The lowest BCUT2D eigenvalue weighted by Gasteiger charge is -2.24. The fourth-order valence-electron chi connectivity index (χ4n) is 3.16. The van der Waals surface area contributed by atoms with Gasteiger partial charge in [0.25, 0.3) is 0 Å². The van der Waals surface area contributed by atoms with Gasteiger partial charge in [-0.05, 0) is 42.5 Å². The monoisotopic (exact) mass is 294 g/mol. The first-order chi connectivity index (χ1) is 10.6. The number of nitrogens with one attached hydrogen (secondary N) is 1. The van der Waals surface area contributed by atoms with Crippen molar-refractivity contribution < 1.29 is 4.79 Å². The van der Waals surface area contributed by atoms with Crippen molar-refractivity contribution in [1.29, 1.82) is 0 Å². The number of rotatable bonds is 2. The average molecular weight is 294 g/mol. The molecule has 1 N–H and O–H groups in total. The number of benzene rings is 2. The highest BCUT2D eigenvalue weighted by atomic mass is 16.2. The molecule has 22 heavy (non-hydrogen) atoms. The third-order valence-electron chi connectivity index (χ3n) is 4.25. The van der Waals surface area contributed by atoms with Crippen LogP contribution in [0.5, 0.6) is 0 Å². The van der Waals surface area contributed by atoms with Crippen LogP contribution >= 0.6 is 0 Å². The van der Waals surface area contributed by atoms with Gasteiger partial charge < -0.3 is 5.32 Å². The molecule has 3 nitrogen and oxygen atoms in total. The molecule has 1 atom stereocenters. The number of carbonyl (C=O) groups excluding carboxylic acids is 1. The Morgan fingerprint density at radius 3 is 2.59 bits per heavy atom. The normalized spacial score (nSPS) is 16.7. The first-order valence-corrected chi connectivity index (χ1v) is 7.85. The molecule has 1 unspecified atom stereocenters. The zero-order valence-electron chi connectivity index (χ0n) is 13.3. The highest BCUT2D eigenvalue weighted by Gasteiger charge is 2.30. The van der Waals surface area contributed by atoms with Gasteiger partial charge in [-0.15, -0.1) is 0 Å². The molecule has 0 saturated heterocycles. The second-order valence-corrected chi connectivity index (χ2v) is 6.22. The Balaban J connectivity index is 1.87. The molecule has 3 heteroatoms. The van der Waals surface area contributed by atoms with Crippen molar-refractivity contribution in [3.05, 3.63) is 59.7 Å². The Morgan fingerprint density at radius 2 is 1.82 bits per heavy atom. The molecule has 0 saturated carbocycles. The number of para-hydroxylation sites is 2. The second kappa shape index (κ2) is 5.84. The van der Waals surface area contributed by atoms with Gasteiger partial charge in [0.05, 0.1) is 0 Å². The van der Waals surface area contributed by atoms with Crippen LogP contribution in [0.2, 0.25) is 0 Å². The molecule has 0 fully saturated rings. The SMILES string of the molecule is CC(C)c1ccccc1NC(=O)N1c2ccccc2CC1C. The third-order valence-corrected chi connectivity index (χ3v) is 4.25. The fraction of sp³-hybridized carbons (Fsp3) is 0.316. The number of fused-ring (bicyclic) bond motifs is 1. The van der Waals surface area contributed by atoms with Crippen molar-refractivity contribution in [3.8, 4) is 0 Å². The summed E-state index contributed by atoms with van der Waals surface area (Å²) in [5, 5.41) is 3.09. The maximum atomic E-state index is 12.8. The Kier molecular flexibility index (Phi) is 3.88. The van der Waals surface area contributed by atoms with Crippen LogP contribution in [-0.2, 0) is 6.42 Å². The smallest absolute Gasteiger partial charge is 0.307 e. The minimum Gasteiger partial charge on any atom is -0.307 e. The van der Waals surface area contributed by atoms with Crippen molar-refractivity contribution >= 4 is 17.4 Å². The van der Waals surface area contributed by atoms with E-state index in [0.29, 0.717) is 5.92 Å². The molecule has 1 aliphatic heterocycles. The van der Waals surface area contributed by atoms with Crippen molar-refractivity contribution in [2.75, 3.05) is 10.2 Å². The molecule has 0 aliphatic carbocycles. The predicted octanol–water partition coefficient (Wildman–Crippen LogP) is 4.79. The second-order valence-electron chi connectivity index (χ2n) is 6.22. The summed E-state index contributed by atoms with van der Waals surface area (Å²) in [6.45, 7) is 6.37. The van der Waals surface area contributed by atoms with Gasteiger partial charge in [0.15, 0.2) is 0 Å². The number of hydrogen-bond donors (Lipinski definition) is 1. The molecule has 0 radical (unpaired) electrons. The van der Waals surface area contributed by atoms with Crippen LogP contribution < -0.4 is 10.2 Å². The van der Waals surface area contributed by atoms with Crippen molar-refractivity contribution in [1.82, 2.24) is 0 Å². The van der Waals surface area contributed by atoms with Crippen LogP contribution in [0.1, 0.15) is 37.8 Å². The summed E-state index contributed by atoms with van der Waals surface area (Å²) in [5.41, 5.74) is 4.33. The number of carbonyl (C=O) groups is 1. The summed E-state index contributed by atoms with van der Waals surface area (Å²) < 4.78 is 0. The van der Waals surface area contributed by atoms with Gasteiger partial charge >= 0.3 is 6.03 Å².